The van der Waals surface area contributed by atoms with Crippen LogP contribution in [-0.2, 0) is 22.0 Å². The van der Waals surface area contributed by atoms with Crippen LogP contribution in [0.4, 0.5) is 19.0 Å². The molecule has 0 atom stereocenters. The fourth-order valence-electron chi connectivity index (χ4n) is 3.08. The molecule has 1 fully saturated rings. The fourth-order valence-corrected chi connectivity index (χ4v) is 4.63. The summed E-state index contributed by atoms with van der Waals surface area (Å²) in [5, 5.41) is 9.21. The van der Waals surface area contributed by atoms with E-state index in [-0.39, 0.29) is 37.3 Å². The summed E-state index contributed by atoms with van der Waals surface area (Å²) in [7, 11) is -3.75. The van der Waals surface area contributed by atoms with E-state index in [2.05, 4.69) is 4.98 Å². The Morgan fingerprint density at radius 3 is 2.28 bits per heavy atom. The molecule has 11 heteroatoms. The van der Waals surface area contributed by atoms with E-state index >= 15 is 0 Å². The van der Waals surface area contributed by atoms with Gasteiger partial charge in [-0.3, -0.25) is 0 Å². The number of benzene rings is 1. The lowest BCUT2D eigenvalue weighted by molar-refractivity contribution is -0.137. The summed E-state index contributed by atoms with van der Waals surface area (Å²) in [6, 6.07) is 8.11. The molecule has 156 valence electrons. The van der Waals surface area contributed by atoms with Gasteiger partial charge in [0.1, 0.15) is 5.82 Å². The summed E-state index contributed by atoms with van der Waals surface area (Å²) < 4.78 is 64.6. The van der Waals surface area contributed by atoms with Gasteiger partial charge in [0.25, 0.3) is 0 Å². The van der Waals surface area contributed by atoms with Gasteiger partial charge in [-0.05, 0) is 23.8 Å². The van der Waals surface area contributed by atoms with E-state index in [1.807, 2.05) is 0 Å². The molecular formula is C18H18F3N3O4S. The maximum absolute atomic E-state index is 12.7. The van der Waals surface area contributed by atoms with Crippen LogP contribution in [0.15, 0.2) is 42.6 Å². The van der Waals surface area contributed by atoms with E-state index in [0.29, 0.717) is 5.82 Å². The first-order valence-electron chi connectivity index (χ1n) is 8.65. The predicted molar refractivity (Wildman–Crippen MR) is 99.1 cm³/mol. The molecule has 29 heavy (non-hydrogen) atoms. The number of pyridine rings is 1. The van der Waals surface area contributed by atoms with Gasteiger partial charge < -0.3 is 10.0 Å². The van der Waals surface area contributed by atoms with Crippen molar-refractivity contribution in [3.8, 4) is 0 Å². The minimum Gasteiger partial charge on any atom is -0.478 e. The van der Waals surface area contributed by atoms with Crippen molar-refractivity contribution in [1.29, 1.82) is 0 Å². The molecule has 1 aromatic carbocycles. The van der Waals surface area contributed by atoms with Crippen molar-refractivity contribution < 1.29 is 31.5 Å². The minimum atomic E-state index is -4.47. The molecule has 1 saturated heterocycles. The summed E-state index contributed by atoms with van der Waals surface area (Å²) in [5.74, 6) is -1.30. The maximum Gasteiger partial charge on any atom is 0.417 e. The summed E-state index contributed by atoms with van der Waals surface area (Å²) in [6.45, 7) is 0.775. The van der Waals surface area contributed by atoms with Crippen molar-refractivity contribution in [3.05, 3.63) is 59.3 Å². The molecule has 0 aliphatic carbocycles. The van der Waals surface area contributed by atoms with Gasteiger partial charge in [0, 0.05) is 32.4 Å². The van der Waals surface area contributed by atoms with E-state index in [4.69, 9.17) is 0 Å². The number of rotatable bonds is 5. The molecule has 3 rings (SSSR count). The number of nitrogens with zero attached hydrogens (tertiary/aromatic N) is 3. The predicted octanol–water partition coefficient (Wildman–Crippen LogP) is 2.45. The molecule has 1 N–H and O–H groups in total. The Morgan fingerprint density at radius 2 is 1.72 bits per heavy atom. The van der Waals surface area contributed by atoms with Gasteiger partial charge in [-0.15, -0.1) is 0 Å². The smallest absolute Gasteiger partial charge is 0.417 e. The molecule has 1 aromatic heterocycles. The Kier molecular flexibility index (Phi) is 5.80. The highest BCUT2D eigenvalue weighted by atomic mass is 32.2. The van der Waals surface area contributed by atoms with Crippen LogP contribution in [0.1, 0.15) is 21.5 Å². The number of hydrogen-bond donors (Lipinski definition) is 1. The summed E-state index contributed by atoms with van der Waals surface area (Å²) in [4.78, 5) is 16.8. The Morgan fingerprint density at radius 1 is 1.07 bits per heavy atom. The average Bonchev–Trinajstić information content (AvgIpc) is 2.67. The molecule has 2 aromatic rings. The van der Waals surface area contributed by atoms with Crippen LogP contribution in [0.3, 0.4) is 0 Å². The van der Waals surface area contributed by atoms with Gasteiger partial charge in [0.15, 0.2) is 0 Å². The third-order valence-electron chi connectivity index (χ3n) is 4.62. The molecule has 0 amide bonds. The SMILES string of the molecule is O=C(O)c1ccccc1CS(=O)(=O)N1CCN(c2ccc(C(F)(F)F)cn2)CC1. The quantitative estimate of drug-likeness (QED) is 0.785. The lowest BCUT2D eigenvalue weighted by atomic mass is 10.1. The third-order valence-corrected chi connectivity index (χ3v) is 6.44. The Labute approximate surface area is 165 Å². The fraction of sp³-hybridized carbons (Fsp3) is 0.333. The first-order chi connectivity index (χ1) is 13.6. The van der Waals surface area contributed by atoms with E-state index in [0.717, 1.165) is 12.3 Å². The lowest BCUT2D eigenvalue weighted by Gasteiger charge is -2.34. The second-order valence-electron chi connectivity index (χ2n) is 6.51. The number of anilines is 1. The van der Waals surface area contributed by atoms with Crippen LogP contribution in [-0.4, -0.2) is 55.0 Å². The number of piperazine rings is 1. The topological polar surface area (TPSA) is 90.8 Å². The second-order valence-corrected chi connectivity index (χ2v) is 8.48. The number of alkyl halides is 3. The zero-order valence-electron chi connectivity index (χ0n) is 15.1. The van der Waals surface area contributed by atoms with E-state index in [9.17, 15) is 31.5 Å². The van der Waals surface area contributed by atoms with E-state index in [1.54, 1.807) is 11.0 Å². The summed E-state index contributed by atoms with van der Waals surface area (Å²) >= 11 is 0. The molecule has 1 aliphatic rings. The number of carboxylic acids is 1. The van der Waals surface area contributed by atoms with Crippen LogP contribution in [0, 0.1) is 0 Å². The van der Waals surface area contributed by atoms with Crippen LogP contribution < -0.4 is 4.90 Å². The second kappa shape index (κ2) is 7.99. The van der Waals surface area contributed by atoms with Crippen molar-refractivity contribution in [2.24, 2.45) is 0 Å². The van der Waals surface area contributed by atoms with Crippen molar-refractivity contribution in [3.63, 3.8) is 0 Å². The first-order valence-corrected chi connectivity index (χ1v) is 10.3. The van der Waals surface area contributed by atoms with Gasteiger partial charge in [-0.1, -0.05) is 18.2 Å². The standard InChI is InChI=1S/C18H18F3N3O4S/c19-18(20,21)14-5-6-16(22-11-14)23-7-9-24(10-8-23)29(27,28)12-13-3-1-2-4-15(13)17(25)26/h1-6,11H,7-10,12H2,(H,25,26). The monoisotopic (exact) mass is 429 g/mol. The molecule has 7 nitrogen and oxygen atoms in total. The van der Waals surface area contributed by atoms with Crippen molar-refractivity contribution in [2.45, 2.75) is 11.9 Å². The number of aromatic carboxylic acids is 1. The Hall–Kier alpha value is -2.66. The van der Waals surface area contributed by atoms with Crippen molar-refractivity contribution in [2.75, 3.05) is 31.1 Å². The van der Waals surface area contributed by atoms with E-state index in [1.165, 1.54) is 28.6 Å². The van der Waals surface area contributed by atoms with Crippen molar-refractivity contribution >= 4 is 21.8 Å². The average molecular weight is 429 g/mol. The van der Waals surface area contributed by atoms with Crippen LogP contribution in [0.5, 0.6) is 0 Å². The van der Waals surface area contributed by atoms with Gasteiger partial charge in [-0.25, -0.2) is 18.2 Å². The molecule has 0 saturated carbocycles. The maximum atomic E-state index is 12.7. The molecule has 0 bridgehead atoms. The molecule has 0 spiro atoms. The highest BCUT2D eigenvalue weighted by molar-refractivity contribution is 7.88. The molecule has 0 unspecified atom stereocenters. The zero-order chi connectivity index (χ0) is 21.2. The largest absolute Gasteiger partial charge is 0.478 e. The number of halogens is 3. The van der Waals surface area contributed by atoms with Gasteiger partial charge >= 0.3 is 12.1 Å². The van der Waals surface area contributed by atoms with Gasteiger partial charge in [0.2, 0.25) is 10.0 Å². The number of carbonyl (C=O) groups is 1. The normalized spacial score (nSPS) is 16.0. The first kappa shape index (κ1) is 21.1. The Balaban J connectivity index is 1.66. The van der Waals surface area contributed by atoms with Gasteiger partial charge in [-0.2, -0.15) is 17.5 Å². The molecular weight excluding hydrogens is 411 g/mol. The van der Waals surface area contributed by atoms with Crippen LogP contribution in [0.25, 0.3) is 0 Å². The van der Waals surface area contributed by atoms with Crippen LogP contribution in [0.2, 0.25) is 0 Å². The third kappa shape index (κ3) is 4.85. The van der Waals surface area contributed by atoms with Crippen LogP contribution >= 0.6 is 0 Å². The lowest BCUT2D eigenvalue weighted by Crippen LogP contribution is -2.49. The number of sulfonamides is 1. The van der Waals surface area contributed by atoms with Crippen molar-refractivity contribution in [1.82, 2.24) is 9.29 Å². The summed E-state index contributed by atoms with van der Waals surface area (Å²) in [6.07, 6.45) is -3.72. The molecule has 2 heterocycles. The highest BCUT2D eigenvalue weighted by Gasteiger charge is 2.32. The summed E-state index contributed by atoms with van der Waals surface area (Å²) in [5.41, 5.74) is -0.713. The minimum absolute atomic E-state index is 0.0661. The zero-order valence-corrected chi connectivity index (χ0v) is 15.9. The van der Waals surface area contributed by atoms with Gasteiger partial charge in [0.05, 0.1) is 16.9 Å². The number of aromatic nitrogens is 1. The number of hydrogen-bond acceptors (Lipinski definition) is 5. The molecule has 0 radical (unpaired) electrons. The number of carboxylic acid groups (broad SMARTS) is 1. The highest BCUT2D eigenvalue weighted by Crippen LogP contribution is 2.29. The van der Waals surface area contributed by atoms with E-state index < -0.39 is 33.5 Å². The Bertz CT molecular complexity index is 986. The molecule has 1 aliphatic heterocycles.